The minimum absolute atomic E-state index is 0.0509. The number of ether oxygens (including phenoxy) is 1. The van der Waals surface area contributed by atoms with Crippen LogP contribution in [-0.4, -0.2) is 30.8 Å². The first-order valence-electron chi connectivity index (χ1n) is 14.2. The number of carbonyl (C=O) groups excluding carboxylic acids is 1. The van der Waals surface area contributed by atoms with Crippen molar-refractivity contribution in [2.75, 3.05) is 6.26 Å². The number of allylic oxidation sites excluding steroid dienone is 3. The summed E-state index contributed by atoms with van der Waals surface area (Å²) in [4.78, 5) is 12.5. The van der Waals surface area contributed by atoms with Crippen LogP contribution in [0.3, 0.4) is 0 Å². The van der Waals surface area contributed by atoms with Crippen LogP contribution in [0, 0.1) is 11.3 Å². The fourth-order valence-corrected chi connectivity index (χ4v) is 7.58. The number of nitrogens with one attached hydrogen (secondary N) is 1. The van der Waals surface area contributed by atoms with Gasteiger partial charge < -0.3 is 14.4 Å². The summed E-state index contributed by atoms with van der Waals surface area (Å²) >= 11 is 19.7. The summed E-state index contributed by atoms with van der Waals surface area (Å²) in [6.45, 7) is 2.18. The highest BCUT2D eigenvalue weighted by Crippen LogP contribution is 2.57. The molecule has 2 saturated carbocycles. The number of sulfonamides is 1. The van der Waals surface area contributed by atoms with Gasteiger partial charge in [-0.3, -0.25) is 4.79 Å². The molecule has 0 bridgehead atoms. The third kappa shape index (κ3) is 6.17. The molecule has 3 aliphatic rings. The number of hydrogen-bond acceptors (Lipinski definition) is 7. The average molecular weight is 678 g/mol. The van der Waals surface area contributed by atoms with Gasteiger partial charge in [0, 0.05) is 22.6 Å². The quantitative estimate of drug-likeness (QED) is 0.244. The van der Waals surface area contributed by atoms with Crippen LogP contribution < -0.4 is 9.46 Å². The zero-order valence-electron chi connectivity index (χ0n) is 24.1. The van der Waals surface area contributed by atoms with Gasteiger partial charge in [-0.2, -0.15) is 0 Å². The summed E-state index contributed by atoms with van der Waals surface area (Å²) in [5, 5.41) is 17.1. The van der Waals surface area contributed by atoms with Gasteiger partial charge in [0.25, 0.3) is 5.91 Å². The molecule has 1 amide bonds. The van der Waals surface area contributed by atoms with Crippen LogP contribution >= 0.6 is 34.8 Å². The van der Waals surface area contributed by atoms with Crippen LogP contribution in [0.5, 0.6) is 5.75 Å². The topological polar surface area (TPSA) is 119 Å². The first kappa shape index (κ1) is 31.2. The van der Waals surface area contributed by atoms with Crippen molar-refractivity contribution in [1.29, 1.82) is 0 Å². The van der Waals surface area contributed by atoms with Crippen molar-refractivity contribution in [2.45, 2.75) is 57.2 Å². The van der Waals surface area contributed by atoms with Gasteiger partial charge in [-0.05, 0) is 67.7 Å². The molecule has 1 heterocycles. The van der Waals surface area contributed by atoms with E-state index in [9.17, 15) is 18.3 Å². The Labute approximate surface area is 271 Å². The van der Waals surface area contributed by atoms with Gasteiger partial charge in [-0.1, -0.05) is 77.2 Å². The zero-order chi connectivity index (χ0) is 31.4. The number of hydrogen-bond donors (Lipinski definition) is 2. The molecule has 44 heavy (non-hydrogen) atoms. The number of carbonyl (C=O) groups is 1. The van der Waals surface area contributed by atoms with Crippen molar-refractivity contribution < 1.29 is 27.6 Å². The molecule has 0 aliphatic heterocycles. The summed E-state index contributed by atoms with van der Waals surface area (Å²) < 4.78 is 37.0. The van der Waals surface area contributed by atoms with E-state index in [0.717, 1.165) is 30.4 Å². The Morgan fingerprint density at radius 2 is 1.84 bits per heavy atom. The molecule has 232 valence electrons. The Bertz CT molecular complexity index is 1790. The lowest BCUT2D eigenvalue weighted by Crippen LogP contribution is -2.48. The maximum absolute atomic E-state index is 12.5. The summed E-state index contributed by atoms with van der Waals surface area (Å²) in [5.41, 5.74) is 1.35. The molecule has 3 aliphatic carbocycles. The van der Waals surface area contributed by atoms with E-state index in [1.165, 1.54) is 0 Å². The Morgan fingerprint density at radius 1 is 1.14 bits per heavy atom. The zero-order valence-corrected chi connectivity index (χ0v) is 27.2. The molecule has 1 unspecified atom stereocenters. The second-order valence-electron chi connectivity index (χ2n) is 12.2. The first-order chi connectivity index (χ1) is 20.8. The van der Waals surface area contributed by atoms with Crippen LogP contribution in [0.25, 0.3) is 11.3 Å². The molecule has 0 saturated heterocycles. The van der Waals surface area contributed by atoms with Gasteiger partial charge in [0.2, 0.25) is 10.0 Å². The Balaban J connectivity index is 1.14. The van der Waals surface area contributed by atoms with E-state index in [1.807, 2.05) is 17.7 Å². The van der Waals surface area contributed by atoms with Crippen molar-refractivity contribution in [3.8, 4) is 17.0 Å². The third-order valence-electron chi connectivity index (χ3n) is 8.81. The first-order valence-corrected chi connectivity index (χ1v) is 17.3. The maximum atomic E-state index is 12.5. The molecule has 1 atom stereocenters. The highest BCUT2D eigenvalue weighted by atomic mass is 35.5. The maximum Gasteiger partial charge on any atom is 0.260 e. The number of benzene rings is 2. The van der Waals surface area contributed by atoms with E-state index in [1.54, 1.807) is 48.6 Å². The second-order valence-corrected chi connectivity index (χ2v) is 15.2. The van der Waals surface area contributed by atoms with E-state index in [0.29, 0.717) is 62.5 Å². The lowest BCUT2D eigenvalue weighted by Gasteiger charge is -2.52. The molecule has 12 heteroatoms. The van der Waals surface area contributed by atoms with Gasteiger partial charge in [0.15, 0.2) is 0 Å². The molecule has 6 rings (SSSR count). The van der Waals surface area contributed by atoms with E-state index >= 15 is 0 Å². The summed E-state index contributed by atoms with van der Waals surface area (Å²) in [6, 6.07) is 10.5. The predicted molar refractivity (Wildman–Crippen MR) is 169 cm³/mol. The highest BCUT2D eigenvalue weighted by molar-refractivity contribution is 7.89. The van der Waals surface area contributed by atoms with Crippen LogP contribution in [0.1, 0.15) is 61.8 Å². The molecule has 0 radical (unpaired) electrons. The van der Waals surface area contributed by atoms with Crippen molar-refractivity contribution in [1.82, 2.24) is 9.88 Å². The number of nitrogens with zero attached hydrogens (tertiary/aromatic N) is 1. The minimum atomic E-state index is -3.67. The number of aromatic nitrogens is 1. The van der Waals surface area contributed by atoms with Gasteiger partial charge in [-0.15, -0.1) is 0 Å². The molecule has 1 aromatic heterocycles. The van der Waals surface area contributed by atoms with Crippen molar-refractivity contribution in [3.63, 3.8) is 0 Å². The molecule has 0 spiro atoms. The Kier molecular flexibility index (Phi) is 8.16. The summed E-state index contributed by atoms with van der Waals surface area (Å²) in [7, 11) is -3.67. The summed E-state index contributed by atoms with van der Waals surface area (Å²) in [6.07, 6.45) is 9.61. The van der Waals surface area contributed by atoms with E-state index < -0.39 is 26.9 Å². The number of aliphatic hydroxyl groups is 1. The fraction of sp³-hybridized carbons (Fsp3) is 0.375. The van der Waals surface area contributed by atoms with Crippen LogP contribution in [0.4, 0.5) is 0 Å². The molecule has 8 nitrogen and oxygen atoms in total. The predicted octanol–water partition coefficient (Wildman–Crippen LogP) is 7.32. The second kappa shape index (κ2) is 11.5. The summed E-state index contributed by atoms with van der Waals surface area (Å²) in [5.74, 6) is 0.991. The normalized spacial score (nSPS) is 24.9. The molecular formula is C32H31Cl3N2O6S. The SMILES string of the molecule is CC1([C@H]2C[C@](O)(c3ccc(OCc4c(-c5c(Cl)cccc5Cl)noc4C4CC4)cc3Cl)C2)C=CC=C(C(=O)NS(C)(=O)=O)C1. The smallest absolute Gasteiger partial charge is 0.260 e. The molecule has 3 aromatic rings. The third-order valence-corrected chi connectivity index (χ3v) is 10.3. The number of amides is 1. The standard InChI is InChI=1S/C32H31Cl3N2O6S/c1-31(12-4-5-19(14-31)30(38)37-44(2,40)41)20-15-32(39,16-20)23-11-10-21(13-26(23)35)42-17-22-28(36-43-29(22)18-8-9-18)27-24(33)6-3-7-25(27)34/h3-7,10-13,18,20,39H,8-9,14-17H2,1-2H3,(H,37,38)/t20-,31?,32+. The monoisotopic (exact) mass is 676 g/mol. The largest absolute Gasteiger partial charge is 0.489 e. The van der Waals surface area contributed by atoms with Crippen molar-refractivity contribution in [3.05, 3.63) is 92.2 Å². The van der Waals surface area contributed by atoms with Gasteiger partial charge >= 0.3 is 0 Å². The van der Waals surface area contributed by atoms with Gasteiger partial charge in [-0.25, -0.2) is 13.1 Å². The van der Waals surface area contributed by atoms with E-state index in [4.69, 9.17) is 44.1 Å². The molecule has 2 N–H and O–H groups in total. The molecular weight excluding hydrogens is 647 g/mol. The van der Waals surface area contributed by atoms with Gasteiger partial charge in [0.1, 0.15) is 23.8 Å². The number of halogens is 3. The van der Waals surface area contributed by atoms with Crippen molar-refractivity contribution in [2.24, 2.45) is 11.3 Å². The Hall–Kier alpha value is -2.82. The molecule has 2 fully saturated rings. The number of rotatable bonds is 9. The van der Waals surface area contributed by atoms with Crippen LogP contribution in [0.2, 0.25) is 15.1 Å². The minimum Gasteiger partial charge on any atom is -0.489 e. The van der Waals surface area contributed by atoms with Crippen molar-refractivity contribution >= 4 is 50.7 Å². The van der Waals surface area contributed by atoms with Crippen LogP contribution in [-0.2, 0) is 27.0 Å². The Morgan fingerprint density at radius 3 is 2.48 bits per heavy atom. The lowest BCUT2D eigenvalue weighted by atomic mass is 9.55. The van der Waals surface area contributed by atoms with E-state index in [-0.39, 0.29) is 18.4 Å². The van der Waals surface area contributed by atoms with Gasteiger partial charge in [0.05, 0.1) is 32.5 Å². The van der Waals surface area contributed by atoms with E-state index in [2.05, 4.69) is 5.16 Å². The lowest BCUT2D eigenvalue weighted by molar-refractivity contribution is -0.118. The van der Waals surface area contributed by atoms with Crippen LogP contribution in [0.15, 0.2) is 64.7 Å². The highest BCUT2D eigenvalue weighted by Gasteiger charge is 2.52. The molecule has 2 aromatic carbocycles. The fourth-order valence-electron chi connectivity index (χ4n) is 6.19. The average Bonchev–Trinajstić information content (AvgIpc) is 3.69.